The molecule has 0 aliphatic carbocycles. The highest BCUT2D eigenvalue weighted by molar-refractivity contribution is 6.07. The quantitative estimate of drug-likeness (QED) is 0.111. The lowest BCUT2D eigenvalue weighted by Gasteiger charge is -2.22. The van der Waals surface area contributed by atoms with Gasteiger partial charge in [-0.05, 0) is 105 Å². The Morgan fingerprint density at radius 3 is 2.30 bits per heavy atom. The molecule has 1 aliphatic heterocycles. The lowest BCUT2D eigenvalue weighted by Crippen LogP contribution is -2.41. The number of carbonyl (C=O) groups is 2. The van der Waals surface area contributed by atoms with Crippen LogP contribution in [-0.2, 0) is 16.8 Å². The van der Waals surface area contributed by atoms with Crippen LogP contribution < -0.4 is 14.8 Å². The number of ether oxygens (including phenoxy) is 2. The smallest absolute Gasteiger partial charge is 0.325 e. The number of hydrogen-bond donors (Lipinski definition) is 1. The number of imide groups is 1. The number of benzene rings is 4. The van der Waals surface area contributed by atoms with Crippen molar-refractivity contribution in [2.75, 3.05) is 13.2 Å². The number of nitrogens with one attached hydrogen (secondary N) is 1. The second-order valence-corrected chi connectivity index (χ2v) is 12.6. The minimum Gasteiger partial charge on any atom is -0.494 e. The highest BCUT2D eigenvalue weighted by atomic mass is 16.5. The molecule has 2 heterocycles. The molecule has 1 N–H and O–H groups in total. The molecule has 1 aromatic heterocycles. The number of unbranched alkanes of at least 4 members (excludes halogenated alkanes) is 1. The van der Waals surface area contributed by atoms with Crippen molar-refractivity contribution in [3.05, 3.63) is 126 Å². The number of aromatic nitrogens is 1. The van der Waals surface area contributed by atoms with E-state index in [2.05, 4.69) is 66.8 Å². The highest BCUT2D eigenvalue weighted by Gasteiger charge is 2.48. The molecule has 1 fully saturated rings. The van der Waals surface area contributed by atoms with Gasteiger partial charge in [0.2, 0.25) is 0 Å². The van der Waals surface area contributed by atoms with E-state index in [1.54, 1.807) is 6.92 Å². The number of rotatable bonds is 12. The maximum Gasteiger partial charge on any atom is 0.325 e. The number of amides is 3. The van der Waals surface area contributed by atoms with Crippen molar-refractivity contribution < 1.29 is 19.1 Å². The summed E-state index contributed by atoms with van der Waals surface area (Å²) >= 11 is 0. The minimum absolute atomic E-state index is 0.0543. The van der Waals surface area contributed by atoms with Gasteiger partial charge < -0.3 is 14.8 Å². The Labute approximate surface area is 276 Å². The van der Waals surface area contributed by atoms with Crippen molar-refractivity contribution >= 4 is 22.8 Å². The van der Waals surface area contributed by atoms with Crippen LogP contribution in [0.25, 0.3) is 22.0 Å². The van der Waals surface area contributed by atoms with E-state index < -0.39 is 5.54 Å². The molecule has 1 atom stereocenters. The van der Waals surface area contributed by atoms with Gasteiger partial charge in [0.1, 0.15) is 17.0 Å². The number of hydrogen-bond acceptors (Lipinski definition) is 5. The summed E-state index contributed by atoms with van der Waals surface area (Å²) < 4.78 is 11.8. The van der Waals surface area contributed by atoms with Crippen LogP contribution in [0.4, 0.5) is 4.79 Å². The maximum atomic E-state index is 13.3. The number of fused-ring (bicyclic) bond motifs is 1. The topological polar surface area (TPSA) is 80.8 Å². The largest absolute Gasteiger partial charge is 0.494 e. The first kappa shape index (κ1) is 31.8. The summed E-state index contributed by atoms with van der Waals surface area (Å²) in [5, 5.41) is 4.02. The standard InChI is InChI=1S/C40H41N3O4/c1-27(2)47-34-21-17-32(18-22-34)40(4)38(44)43(39(45)42-40)23-8-9-24-46-33-19-15-30(16-20-33)36-31(25-29-12-6-5-7-13-29)26-41-37-28(3)11-10-14-35(36)37/h5-7,10-22,26-27H,8-9,23-25H2,1-4H3,(H,42,45). The highest BCUT2D eigenvalue weighted by Crippen LogP contribution is 2.35. The first-order chi connectivity index (χ1) is 22.7. The Morgan fingerprint density at radius 2 is 1.57 bits per heavy atom. The van der Waals surface area contributed by atoms with E-state index >= 15 is 0 Å². The zero-order valence-electron chi connectivity index (χ0n) is 27.5. The monoisotopic (exact) mass is 627 g/mol. The van der Waals surface area contributed by atoms with Crippen LogP contribution in [0.3, 0.4) is 0 Å². The maximum absolute atomic E-state index is 13.3. The van der Waals surface area contributed by atoms with Gasteiger partial charge in [0.25, 0.3) is 5.91 Å². The van der Waals surface area contributed by atoms with E-state index in [-0.39, 0.29) is 18.0 Å². The van der Waals surface area contributed by atoms with E-state index in [1.165, 1.54) is 21.6 Å². The Balaban J connectivity index is 1.07. The second-order valence-electron chi connectivity index (χ2n) is 12.6. The Bertz CT molecular complexity index is 1870. The minimum atomic E-state index is -1.11. The zero-order valence-corrected chi connectivity index (χ0v) is 27.5. The summed E-state index contributed by atoms with van der Waals surface area (Å²) in [6, 6.07) is 32.0. The number of urea groups is 1. The van der Waals surface area contributed by atoms with Crippen molar-refractivity contribution in [2.45, 2.75) is 58.6 Å². The molecule has 47 heavy (non-hydrogen) atoms. The first-order valence-electron chi connectivity index (χ1n) is 16.3. The third-order valence-electron chi connectivity index (χ3n) is 8.68. The molecular weight excluding hydrogens is 586 g/mol. The Morgan fingerprint density at radius 1 is 0.851 bits per heavy atom. The van der Waals surface area contributed by atoms with Gasteiger partial charge in [0.05, 0.1) is 18.2 Å². The second kappa shape index (κ2) is 13.7. The van der Waals surface area contributed by atoms with Gasteiger partial charge in [-0.25, -0.2) is 4.79 Å². The molecule has 0 bridgehead atoms. The first-order valence-corrected chi connectivity index (χ1v) is 16.3. The van der Waals surface area contributed by atoms with E-state index in [0.717, 1.165) is 45.5 Å². The molecule has 5 aromatic rings. The van der Waals surface area contributed by atoms with Crippen LogP contribution in [0.15, 0.2) is 103 Å². The molecule has 7 heteroatoms. The van der Waals surface area contributed by atoms with Crippen molar-refractivity contribution in [3.8, 4) is 22.6 Å². The van der Waals surface area contributed by atoms with E-state index in [0.29, 0.717) is 26.0 Å². The predicted molar refractivity (Wildman–Crippen MR) is 186 cm³/mol. The number of para-hydroxylation sites is 1. The van der Waals surface area contributed by atoms with Crippen LogP contribution in [0, 0.1) is 6.92 Å². The average Bonchev–Trinajstić information content (AvgIpc) is 3.29. The van der Waals surface area contributed by atoms with Crippen LogP contribution in [-0.4, -0.2) is 41.1 Å². The van der Waals surface area contributed by atoms with Gasteiger partial charge >= 0.3 is 6.03 Å². The number of aryl methyl sites for hydroxylation is 1. The number of nitrogens with zero attached hydrogens (tertiary/aromatic N) is 2. The fraction of sp³-hybridized carbons (Fsp3) is 0.275. The van der Waals surface area contributed by atoms with Crippen LogP contribution in [0.5, 0.6) is 11.5 Å². The molecule has 240 valence electrons. The van der Waals surface area contributed by atoms with Crippen molar-refractivity contribution in [2.24, 2.45) is 0 Å². The van der Waals surface area contributed by atoms with Gasteiger partial charge in [-0.3, -0.25) is 14.7 Å². The third-order valence-corrected chi connectivity index (χ3v) is 8.68. The van der Waals surface area contributed by atoms with Crippen LogP contribution in [0.1, 0.15) is 55.9 Å². The fourth-order valence-electron chi connectivity index (χ4n) is 6.22. The van der Waals surface area contributed by atoms with Gasteiger partial charge in [-0.15, -0.1) is 0 Å². The molecule has 0 spiro atoms. The molecule has 4 aromatic carbocycles. The molecule has 1 unspecified atom stereocenters. The fourth-order valence-corrected chi connectivity index (χ4v) is 6.22. The summed E-state index contributed by atoms with van der Waals surface area (Å²) in [5.41, 5.74) is 6.51. The van der Waals surface area contributed by atoms with Crippen molar-refractivity contribution in [3.63, 3.8) is 0 Å². The summed E-state index contributed by atoms with van der Waals surface area (Å²) in [7, 11) is 0. The molecule has 1 saturated heterocycles. The van der Waals surface area contributed by atoms with Crippen molar-refractivity contribution in [1.82, 2.24) is 15.2 Å². The summed E-state index contributed by atoms with van der Waals surface area (Å²) in [5.74, 6) is 1.26. The van der Waals surface area contributed by atoms with Gasteiger partial charge in [-0.1, -0.05) is 72.8 Å². The van der Waals surface area contributed by atoms with Gasteiger partial charge in [-0.2, -0.15) is 0 Å². The van der Waals surface area contributed by atoms with Gasteiger partial charge in [0, 0.05) is 18.1 Å². The normalized spacial score (nSPS) is 16.1. The van der Waals surface area contributed by atoms with Gasteiger partial charge in [0.15, 0.2) is 0 Å². The van der Waals surface area contributed by atoms with E-state index in [1.807, 2.05) is 62.5 Å². The summed E-state index contributed by atoms with van der Waals surface area (Å²) in [6.45, 7) is 8.58. The molecule has 1 aliphatic rings. The summed E-state index contributed by atoms with van der Waals surface area (Å²) in [6.07, 6.45) is 4.20. The van der Waals surface area contributed by atoms with Crippen LogP contribution >= 0.6 is 0 Å². The number of carbonyl (C=O) groups excluding carboxylic acids is 2. The average molecular weight is 628 g/mol. The molecule has 0 radical (unpaired) electrons. The van der Waals surface area contributed by atoms with Crippen molar-refractivity contribution in [1.29, 1.82) is 0 Å². The SMILES string of the molecule is Cc1cccc2c(-c3ccc(OCCCCN4C(=O)NC(C)(c5ccc(OC(C)C)cc5)C4=O)cc3)c(Cc3ccccc3)cnc12. The van der Waals surface area contributed by atoms with E-state index in [4.69, 9.17) is 14.5 Å². The number of pyridine rings is 1. The van der Waals surface area contributed by atoms with E-state index in [9.17, 15) is 9.59 Å². The molecule has 0 saturated carbocycles. The Kier molecular flexibility index (Phi) is 9.25. The third kappa shape index (κ3) is 6.85. The zero-order chi connectivity index (χ0) is 33.0. The molecule has 6 rings (SSSR count). The molecular formula is C40H41N3O4. The Hall–Kier alpha value is -5.17. The summed E-state index contributed by atoms with van der Waals surface area (Å²) in [4.78, 5) is 32.3. The van der Waals surface area contributed by atoms with Crippen LogP contribution in [0.2, 0.25) is 0 Å². The lowest BCUT2D eigenvalue weighted by atomic mass is 9.92. The molecule has 3 amide bonds. The molecule has 7 nitrogen and oxygen atoms in total. The predicted octanol–water partition coefficient (Wildman–Crippen LogP) is 8.21. The lowest BCUT2D eigenvalue weighted by molar-refractivity contribution is -0.131.